The molecule has 1 aromatic rings. The van der Waals surface area contributed by atoms with Crippen LogP contribution in [0.25, 0.3) is 0 Å². The Hall–Kier alpha value is -1.84. The van der Waals surface area contributed by atoms with E-state index in [2.05, 4.69) is 5.32 Å². The molecule has 0 unspecified atom stereocenters. The molecule has 1 fully saturated rings. The van der Waals surface area contributed by atoms with Crippen molar-refractivity contribution in [2.45, 2.75) is 39.0 Å². The fraction of sp³-hybridized carbons (Fsp3) is 0.500. The van der Waals surface area contributed by atoms with Gasteiger partial charge in [0.1, 0.15) is 6.42 Å². The Bertz CT molecular complexity index is 479. The van der Waals surface area contributed by atoms with E-state index in [0.717, 1.165) is 43.6 Å². The molecule has 0 atom stereocenters. The van der Waals surface area contributed by atoms with Crippen molar-refractivity contribution >= 4 is 17.5 Å². The molecule has 0 bridgehead atoms. The summed E-state index contributed by atoms with van der Waals surface area (Å²) in [5.41, 5.74) is 1.90. The van der Waals surface area contributed by atoms with Gasteiger partial charge in [0.2, 0.25) is 11.8 Å². The number of nitrogens with zero attached hydrogens (tertiary/aromatic N) is 1. The van der Waals surface area contributed by atoms with Gasteiger partial charge in [0.15, 0.2) is 0 Å². The Balaban J connectivity index is 1.90. The van der Waals surface area contributed by atoms with E-state index in [1.165, 1.54) is 6.42 Å². The molecule has 1 aliphatic heterocycles. The van der Waals surface area contributed by atoms with Crippen molar-refractivity contribution in [3.63, 3.8) is 0 Å². The summed E-state index contributed by atoms with van der Waals surface area (Å²) in [5, 5.41) is 2.85. The van der Waals surface area contributed by atoms with Crippen LogP contribution >= 0.6 is 0 Å². The maximum absolute atomic E-state index is 12.0. The summed E-state index contributed by atoms with van der Waals surface area (Å²) in [7, 11) is 0. The second kappa shape index (κ2) is 7.08. The molecule has 2 amide bonds. The van der Waals surface area contributed by atoms with Crippen molar-refractivity contribution in [1.29, 1.82) is 0 Å². The van der Waals surface area contributed by atoms with Crippen molar-refractivity contribution < 1.29 is 9.59 Å². The Morgan fingerprint density at radius 3 is 2.55 bits per heavy atom. The molecule has 0 saturated carbocycles. The fourth-order valence-electron chi connectivity index (χ4n) is 2.54. The Morgan fingerprint density at radius 1 is 1.15 bits per heavy atom. The molecule has 20 heavy (non-hydrogen) atoms. The van der Waals surface area contributed by atoms with Crippen LogP contribution in [0.3, 0.4) is 0 Å². The monoisotopic (exact) mass is 274 g/mol. The largest absolute Gasteiger partial charge is 0.342 e. The zero-order valence-electron chi connectivity index (χ0n) is 12.0. The van der Waals surface area contributed by atoms with Gasteiger partial charge in [0.05, 0.1) is 0 Å². The summed E-state index contributed by atoms with van der Waals surface area (Å²) in [6, 6.07) is 7.71. The highest BCUT2D eigenvalue weighted by Crippen LogP contribution is 2.16. The second-order valence-electron chi connectivity index (χ2n) is 5.18. The van der Waals surface area contributed by atoms with Gasteiger partial charge >= 0.3 is 0 Å². The molecule has 1 heterocycles. The first-order chi connectivity index (χ1) is 9.70. The quantitative estimate of drug-likeness (QED) is 0.858. The highest BCUT2D eigenvalue weighted by Gasteiger charge is 2.19. The average molecular weight is 274 g/mol. The smallest absolute Gasteiger partial charge is 0.233 e. The molecule has 2 rings (SSSR count). The zero-order chi connectivity index (χ0) is 14.4. The number of anilines is 1. The lowest BCUT2D eigenvalue weighted by molar-refractivity contribution is -0.135. The van der Waals surface area contributed by atoms with Crippen LogP contribution in [0.15, 0.2) is 24.3 Å². The number of amides is 2. The fourth-order valence-corrected chi connectivity index (χ4v) is 2.54. The van der Waals surface area contributed by atoms with E-state index >= 15 is 0 Å². The molecule has 1 saturated heterocycles. The zero-order valence-corrected chi connectivity index (χ0v) is 12.0. The maximum Gasteiger partial charge on any atom is 0.233 e. The van der Waals surface area contributed by atoms with Gasteiger partial charge in [-0.3, -0.25) is 9.59 Å². The summed E-state index contributed by atoms with van der Waals surface area (Å²) in [4.78, 5) is 25.8. The van der Waals surface area contributed by atoms with Crippen LogP contribution in [0.4, 0.5) is 5.69 Å². The van der Waals surface area contributed by atoms with Crippen LogP contribution in [-0.4, -0.2) is 29.8 Å². The number of rotatable bonds is 4. The van der Waals surface area contributed by atoms with E-state index in [9.17, 15) is 9.59 Å². The third kappa shape index (κ3) is 3.83. The normalized spacial score (nSPS) is 14.9. The van der Waals surface area contributed by atoms with E-state index in [1.54, 1.807) is 4.90 Å². The highest BCUT2D eigenvalue weighted by molar-refractivity contribution is 6.03. The molecule has 1 aromatic carbocycles. The molecule has 0 radical (unpaired) electrons. The number of carbonyl (C=O) groups is 2. The number of piperidine rings is 1. The van der Waals surface area contributed by atoms with Crippen molar-refractivity contribution in [2.24, 2.45) is 0 Å². The minimum atomic E-state index is -0.221. The number of carbonyl (C=O) groups excluding carboxylic acids is 2. The molecule has 4 nitrogen and oxygen atoms in total. The van der Waals surface area contributed by atoms with E-state index in [-0.39, 0.29) is 18.2 Å². The third-order valence-corrected chi connectivity index (χ3v) is 3.69. The van der Waals surface area contributed by atoms with Gasteiger partial charge in [-0.2, -0.15) is 0 Å². The van der Waals surface area contributed by atoms with Crippen molar-refractivity contribution in [2.75, 3.05) is 18.4 Å². The lowest BCUT2D eigenvalue weighted by Gasteiger charge is -2.26. The molecule has 1 aliphatic rings. The van der Waals surface area contributed by atoms with Crippen LogP contribution in [-0.2, 0) is 16.0 Å². The molecular weight excluding hydrogens is 252 g/mol. The Kier molecular flexibility index (Phi) is 5.16. The molecule has 1 N–H and O–H groups in total. The first-order valence-electron chi connectivity index (χ1n) is 7.36. The molecule has 108 valence electrons. The number of hydrogen-bond donors (Lipinski definition) is 1. The number of likely N-dealkylation sites (tertiary alicyclic amines) is 1. The summed E-state index contributed by atoms with van der Waals surface area (Å²) >= 11 is 0. The van der Waals surface area contributed by atoms with Crippen molar-refractivity contribution in [3.05, 3.63) is 29.8 Å². The summed E-state index contributed by atoms with van der Waals surface area (Å²) < 4.78 is 0. The first kappa shape index (κ1) is 14.6. The lowest BCUT2D eigenvalue weighted by Crippen LogP contribution is -2.37. The molecule has 4 heteroatoms. The molecule has 0 aliphatic carbocycles. The van der Waals surface area contributed by atoms with E-state index < -0.39 is 0 Å². The highest BCUT2D eigenvalue weighted by atomic mass is 16.2. The van der Waals surface area contributed by atoms with Gasteiger partial charge in [-0.05, 0) is 37.3 Å². The van der Waals surface area contributed by atoms with Gasteiger partial charge in [0, 0.05) is 18.8 Å². The maximum atomic E-state index is 12.0. The van der Waals surface area contributed by atoms with E-state index in [0.29, 0.717) is 0 Å². The van der Waals surface area contributed by atoms with Gasteiger partial charge in [-0.25, -0.2) is 0 Å². The Morgan fingerprint density at radius 2 is 1.85 bits per heavy atom. The average Bonchev–Trinajstić information content (AvgIpc) is 2.48. The predicted molar refractivity (Wildman–Crippen MR) is 79.5 cm³/mol. The van der Waals surface area contributed by atoms with Crippen LogP contribution in [0.2, 0.25) is 0 Å². The van der Waals surface area contributed by atoms with Crippen LogP contribution in [0, 0.1) is 0 Å². The number of nitrogens with one attached hydrogen (secondary N) is 1. The third-order valence-electron chi connectivity index (χ3n) is 3.69. The SMILES string of the molecule is CCc1ccccc1NC(=O)CC(=O)N1CCCCC1. The molecule has 0 spiro atoms. The number of hydrogen-bond acceptors (Lipinski definition) is 2. The van der Waals surface area contributed by atoms with Gasteiger partial charge in [-0.1, -0.05) is 25.1 Å². The molecular formula is C16H22N2O2. The summed E-state index contributed by atoms with van der Waals surface area (Å²) in [6.07, 6.45) is 4.08. The van der Waals surface area contributed by atoms with Crippen molar-refractivity contribution in [1.82, 2.24) is 4.90 Å². The van der Waals surface area contributed by atoms with Crippen LogP contribution < -0.4 is 5.32 Å². The minimum absolute atomic E-state index is 0.0575. The van der Waals surface area contributed by atoms with Crippen molar-refractivity contribution in [3.8, 4) is 0 Å². The van der Waals surface area contributed by atoms with E-state index in [1.807, 2.05) is 31.2 Å². The summed E-state index contributed by atoms with van der Waals surface area (Å²) in [5.74, 6) is -0.280. The topological polar surface area (TPSA) is 49.4 Å². The lowest BCUT2D eigenvalue weighted by atomic mass is 10.1. The predicted octanol–water partition coefficient (Wildman–Crippen LogP) is 2.59. The second-order valence-corrected chi connectivity index (χ2v) is 5.18. The standard InChI is InChI=1S/C16H22N2O2/c1-2-13-8-4-5-9-14(13)17-15(19)12-16(20)18-10-6-3-7-11-18/h4-5,8-9H,2-3,6-7,10-12H2,1H3,(H,17,19). The van der Waals surface area contributed by atoms with Crippen LogP contribution in [0.1, 0.15) is 38.2 Å². The Labute approximate surface area is 120 Å². The van der Waals surface area contributed by atoms with Gasteiger partial charge in [-0.15, -0.1) is 0 Å². The van der Waals surface area contributed by atoms with E-state index in [4.69, 9.17) is 0 Å². The molecule has 0 aromatic heterocycles. The number of para-hydroxylation sites is 1. The number of benzene rings is 1. The summed E-state index contributed by atoms with van der Waals surface area (Å²) in [6.45, 7) is 3.62. The minimum Gasteiger partial charge on any atom is -0.342 e. The van der Waals surface area contributed by atoms with Gasteiger partial charge in [0.25, 0.3) is 0 Å². The van der Waals surface area contributed by atoms with Gasteiger partial charge < -0.3 is 10.2 Å². The number of aryl methyl sites for hydroxylation is 1. The van der Waals surface area contributed by atoms with Crippen LogP contribution in [0.5, 0.6) is 0 Å². The first-order valence-corrected chi connectivity index (χ1v) is 7.36.